The molecule has 0 saturated heterocycles. The number of aryl methyl sites for hydroxylation is 1. The second-order valence-corrected chi connectivity index (χ2v) is 5.68. The Labute approximate surface area is 126 Å². The SMILES string of the molecule is CCc1ccc(CC(=O)c2ccc(Cl)cc2Br)cc1. The predicted molar refractivity (Wildman–Crippen MR) is 83.0 cm³/mol. The van der Waals surface area contributed by atoms with Crippen LogP contribution in [-0.2, 0) is 12.8 Å². The zero-order chi connectivity index (χ0) is 13.8. The lowest BCUT2D eigenvalue weighted by molar-refractivity contribution is 0.0992. The second-order valence-electron chi connectivity index (χ2n) is 4.39. The molecule has 0 saturated carbocycles. The molecule has 3 heteroatoms. The molecular formula is C16H14BrClO. The van der Waals surface area contributed by atoms with Crippen molar-refractivity contribution in [3.8, 4) is 0 Å². The highest BCUT2D eigenvalue weighted by molar-refractivity contribution is 9.10. The van der Waals surface area contributed by atoms with Crippen LogP contribution in [0.2, 0.25) is 5.02 Å². The smallest absolute Gasteiger partial charge is 0.168 e. The molecule has 0 aliphatic rings. The van der Waals surface area contributed by atoms with Crippen molar-refractivity contribution in [2.24, 2.45) is 0 Å². The van der Waals surface area contributed by atoms with E-state index in [1.165, 1.54) is 5.56 Å². The monoisotopic (exact) mass is 336 g/mol. The zero-order valence-electron chi connectivity index (χ0n) is 10.6. The van der Waals surface area contributed by atoms with Gasteiger partial charge < -0.3 is 0 Å². The largest absolute Gasteiger partial charge is 0.294 e. The number of carbonyl (C=O) groups is 1. The van der Waals surface area contributed by atoms with Crippen LogP contribution >= 0.6 is 27.5 Å². The standard InChI is InChI=1S/C16H14BrClO/c1-2-11-3-5-12(6-4-11)9-16(19)14-8-7-13(18)10-15(14)17/h3-8,10H,2,9H2,1H3. The lowest BCUT2D eigenvalue weighted by Crippen LogP contribution is -2.04. The molecule has 0 aliphatic heterocycles. The van der Waals surface area contributed by atoms with Crippen LogP contribution in [0.15, 0.2) is 46.9 Å². The van der Waals surface area contributed by atoms with Gasteiger partial charge in [0.2, 0.25) is 0 Å². The molecule has 0 bridgehead atoms. The Morgan fingerprint density at radius 1 is 1.11 bits per heavy atom. The topological polar surface area (TPSA) is 17.1 Å². The molecule has 0 amide bonds. The third kappa shape index (κ3) is 3.68. The molecule has 1 nitrogen and oxygen atoms in total. The molecule has 0 heterocycles. The number of carbonyl (C=O) groups excluding carboxylic acids is 1. The Bertz CT molecular complexity index is 590. The first-order chi connectivity index (χ1) is 9.10. The van der Waals surface area contributed by atoms with Crippen LogP contribution in [0, 0.1) is 0 Å². The highest BCUT2D eigenvalue weighted by atomic mass is 79.9. The zero-order valence-corrected chi connectivity index (χ0v) is 13.0. The minimum atomic E-state index is 0.0905. The van der Waals surface area contributed by atoms with E-state index in [1.54, 1.807) is 18.2 Å². The van der Waals surface area contributed by atoms with Crippen molar-refractivity contribution in [2.45, 2.75) is 19.8 Å². The van der Waals surface area contributed by atoms with Crippen LogP contribution in [0.3, 0.4) is 0 Å². The lowest BCUT2D eigenvalue weighted by Gasteiger charge is -2.05. The van der Waals surface area contributed by atoms with E-state index in [0.717, 1.165) is 16.5 Å². The van der Waals surface area contributed by atoms with Gasteiger partial charge in [0, 0.05) is 21.5 Å². The molecule has 0 fully saturated rings. The first-order valence-electron chi connectivity index (χ1n) is 6.16. The van der Waals surface area contributed by atoms with Crippen molar-refractivity contribution in [2.75, 3.05) is 0 Å². The number of hydrogen-bond donors (Lipinski definition) is 0. The van der Waals surface area contributed by atoms with Crippen LogP contribution in [0.4, 0.5) is 0 Å². The average Bonchev–Trinajstić information content (AvgIpc) is 2.39. The molecule has 0 aliphatic carbocycles. The van der Waals surface area contributed by atoms with Gasteiger partial charge in [0.25, 0.3) is 0 Å². The van der Waals surface area contributed by atoms with E-state index in [2.05, 4.69) is 35.0 Å². The molecule has 2 aromatic carbocycles. The van der Waals surface area contributed by atoms with Gasteiger partial charge in [-0.3, -0.25) is 4.79 Å². The van der Waals surface area contributed by atoms with E-state index in [-0.39, 0.29) is 5.78 Å². The lowest BCUT2D eigenvalue weighted by atomic mass is 10.0. The predicted octanol–water partition coefficient (Wildman–Crippen LogP) is 5.09. The van der Waals surface area contributed by atoms with Crippen molar-refractivity contribution < 1.29 is 4.79 Å². The fourth-order valence-electron chi connectivity index (χ4n) is 1.89. The fourth-order valence-corrected chi connectivity index (χ4v) is 2.79. The van der Waals surface area contributed by atoms with Gasteiger partial charge in [0.05, 0.1) is 0 Å². The van der Waals surface area contributed by atoms with E-state index >= 15 is 0 Å². The van der Waals surface area contributed by atoms with E-state index < -0.39 is 0 Å². The van der Waals surface area contributed by atoms with Crippen molar-refractivity contribution in [3.63, 3.8) is 0 Å². The number of halogens is 2. The molecule has 98 valence electrons. The van der Waals surface area contributed by atoms with Gasteiger partial charge in [-0.25, -0.2) is 0 Å². The number of rotatable bonds is 4. The van der Waals surface area contributed by atoms with Gasteiger partial charge in [-0.15, -0.1) is 0 Å². The summed E-state index contributed by atoms with van der Waals surface area (Å²) in [6, 6.07) is 13.4. The Balaban J connectivity index is 2.15. The summed E-state index contributed by atoms with van der Waals surface area (Å²) >= 11 is 9.25. The van der Waals surface area contributed by atoms with E-state index in [4.69, 9.17) is 11.6 Å². The number of ketones is 1. The molecule has 2 rings (SSSR count). The summed E-state index contributed by atoms with van der Waals surface area (Å²) < 4.78 is 0.746. The molecule has 0 atom stereocenters. The highest BCUT2D eigenvalue weighted by Gasteiger charge is 2.11. The maximum atomic E-state index is 12.2. The summed E-state index contributed by atoms with van der Waals surface area (Å²) in [7, 11) is 0. The number of benzene rings is 2. The Kier molecular flexibility index (Phi) is 4.78. The van der Waals surface area contributed by atoms with Crippen LogP contribution in [0.25, 0.3) is 0 Å². The van der Waals surface area contributed by atoms with Crippen molar-refractivity contribution >= 4 is 33.3 Å². The third-order valence-electron chi connectivity index (χ3n) is 3.03. The maximum Gasteiger partial charge on any atom is 0.168 e. The van der Waals surface area contributed by atoms with Crippen LogP contribution in [0.5, 0.6) is 0 Å². The first-order valence-corrected chi connectivity index (χ1v) is 7.33. The van der Waals surface area contributed by atoms with E-state index in [0.29, 0.717) is 17.0 Å². The number of Topliss-reactive ketones (excluding diaryl/α,β-unsaturated/α-hetero) is 1. The Hall–Kier alpha value is -1.12. The van der Waals surface area contributed by atoms with Crippen LogP contribution in [0.1, 0.15) is 28.4 Å². The van der Waals surface area contributed by atoms with Crippen molar-refractivity contribution in [3.05, 3.63) is 68.7 Å². The summed E-state index contributed by atoms with van der Waals surface area (Å²) in [4.78, 5) is 12.2. The molecule has 0 N–H and O–H groups in total. The van der Waals surface area contributed by atoms with Gasteiger partial charge in [0.1, 0.15) is 0 Å². The molecule has 0 unspecified atom stereocenters. The van der Waals surface area contributed by atoms with Crippen LogP contribution in [-0.4, -0.2) is 5.78 Å². The van der Waals surface area contributed by atoms with Crippen molar-refractivity contribution in [1.29, 1.82) is 0 Å². The highest BCUT2D eigenvalue weighted by Crippen LogP contribution is 2.23. The van der Waals surface area contributed by atoms with Gasteiger partial charge in [0.15, 0.2) is 5.78 Å². The van der Waals surface area contributed by atoms with Crippen LogP contribution < -0.4 is 0 Å². The summed E-state index contributed by atoms with van der Waals surface area (Å²) in [6.07, 6.45) is 1.42. The molecule has 0 radical (unpaired) electrons. The molecule has 19 heavy (non-hydrogen) atoms. The van der Waals surface area contributed by atoms with E-state index in [1.807, 2.05) is 12.1 Å². The quantitative estimate of drug-likeness (QED) is 0.710. The molecule has 0 aromatic heterocycles. The second kappa shape index (κ2) is 6.36. The molecule has 0 spiro atoms. The Morgan fingerprint density at radius 3 is 2.32 bits per heavy atom. The minimum Gasteiger partial charge on any atom is -0.294 e. The molecule has 2 aromatic rings. The Morgan fingerprint density at radius 2 is 1.74 bits per heavy atom. The van der Waals surface area contributed by atoms with E-state index in [9.17, 15) is 4.79 Å². The maximum absolute atomic E-state index is 12.2. The fraction of sp³-hybridized carbons (Fsp3) is 0.188. The average molecular weight is 338 g/mol. The normalized spacial score (nSPS) is 10.5. The first kappa shape index (κ1) is 14.3. The summed E-state index contributed by atoms with van der Waals surface area (Å²) in [5.41, 5.74) is 2.98. The third-order valence-corrected chi connectivity index (χ3v) is 3.92. The summed E-state index contributed by atoms with van der Waals surface area (Å²) in [6.45, 7) is 2.12. The van der Waals surface area contributed by atoms with Gasteiger partial charge in [-0.1, -0.05) is 42.8 Å². The summed E-state index contributed by atoms with van der Waals surface area (Å²) in [5, 5.41) is 0.621. The van der Waals surface area contributed by atoms with Gasteiger partial charge in [-0.2, -0.15) is 0 Å². The van der Waals surface area contributed by atoms with Crippen molar-refractivity contribution in [1.82, 2.24) is 0 Å². The number of hydrogen-bond acceptors (Lipinski definition) is 1. The van der Waals surface area contributed by atoms with Gasteiger partial charge in [-0.05, 0) is 51.7 Å². The summed E-state index contributed by atoms with van der Waals surface area (Å²) in [5.74, 6) is 0.0905. The van der Waals surface area contributed by atoms with Gasteiger partial charge >= 0.3 is 0 Å². The molecular weight excluding hydrogens is 324 g/mol. The minimum absolute atomic E-state index is 0.0905.